The lowest BCUT2D eigenvalue weighted by Crippen LogP contribution is -2.37. The van der Waals surface area contributed by atoms with Gasteiger partial charge < -0.3 is 10.1 Å². The minimum atomic E-state index is -0.318. The highest BCUT2D eigenvalue weighted by Gasteiger charge is 2.28. The van der Waals surface area contributed by atoms with Gasteiger partial charge in [0.1, 0.15) is 5.00 Å². The largest absolute Gasteiger partial charge is 0.459 e. The third-order valence-electron chi connectivity index (χ3n) is 5.55. The summed E-state index contributed by atoms with van der Waals surface area (Å²) in [6.07, 6.45) is 4.84. The van der Waals surface area contributed by atoms with Crippen LogP contribution in [0.25, 0.3) is 0 Å². The molecule has 1 aliphatic carbocycles. The molecule has 29 heavy (non-hydrogen) atoms. The smallest absolute Gasteiger partial charge is 0.341 e. The first-order valence-electron chi connectivity index (χ1n) is 10.5. The van der Waals surface area contributed by atoms with Crippen LogP contribution in [-0.2, 0) is 35.3 Å². The van der Waals surface area contributed by atoms with E-state index in [1.165, 1.54) is 16.0 Å². The molecular weight excluding hydrogens is 384 g/mol. The zero-order chi connectivity index (χ0) is 20.4. The predicted molar refractivity (Wildman–Crippen MR) is 116 cm³/mol. The Morgan fingerprint density at radius 2 is 1.90 bits per heavy atom. The molecular formula is C23H28N2O3S. The van der Waals surface area contributed by atoms with Crippen molar-refractivity contribution >= 4 is 28.2 Å². The molecule has 0 unspecified atom stereocenters. The Morgan fingerprint density at radius 3 is 2.69 bits per heavy atom. The van der Waals surface area contributed by atoms with Crippen molar-refractivity contribution in [3.8, 4) is 0 Å². The molecule has 2 aliphatic rings. The van der Waals surface area contributed by atoms with Crippen molar-refractivity contribution in [3.05, 3.63) is 51.4 Å². The van der Waals surface area contributed by atoms with Crippen LogP contribution in [0.3, 0.4) is 0 Å². The molecule has 0 spiro atoms. The fraction of sp³-hybridized carbons (Fsp3) is 0.478. The van der Waals surface area contributed by atoms with Crippen LogP contribution < -0.4 is 5.32 Å². The minimum Gasteiger partial charge on any atom is -0.459 e. The van der Waals surface area contributed by atoms with Gasteiger partial charge in [-0.2, -0.15) is 0 Å². The molecule has 0 saturated carbocycles. The Bertz CT molecular complexity index is 919. The first-order valence-corrected chi connectivity index (χ1v) is 11.3. The lowest BCUT2D eigenvalue weighted by atomic mass is 9.95. The van der Waals surface area contributed by atoms with E-state index in [-0.39, 0.29) is 18.0 Å². The van der Waals surface area contributed by atoms with E-state index in [0.717, 1.165) is 50.8 Å². The maximum absolute atomic E-state index is 12.8. The third-order valence-corrected chi connectivity index (χ3v) is 6.76. The minimum absolute atomic E-state index is 0.0680. The van der Waals surface area contributed by atoms with Gasteiger partial charge in [-0.3, -0.25) is 9.69 Å². The zero-order valence-electron chi connectivity index (χ0n) is 17.1. The van der Waals surface area contributed by atoms with Gasteiger partial charge in [-0.15, -0.1) is 11.3 Å². The molecule has 5 nitrogen and oxygen atoms in total. The number of benzene rings is 1. The quantitative estimate of drug-likeness (QED) is 0.748. The number of rotatable bonds is 5. The van der Waals surface area contributed by atoms with E-state index in [2.05, 4.69) is 28.4 Å². The predicted octanol–water partition coefficient (Wildman–Crippen LogP) is 4.19. The SMILES string of the molecule is CC(C)OC(=O)c1c(NC(=O)CN2CCc3ccccc3C2)sc2c1CCCC2. The Kier molecular flexibility index (Phi) is 6.01. The number of hydrogen-bond donors (Lipinski definition) is 1. The number of aryl methyl sites for hydroxylation is 1. The van der Waals surface area contributed by atoms with Crippen LogP contribution in [0.1, 0.15) is 58.6 Å². The molecule has 1 aliphatic heterocycles. The summed E-state index contributed by atoms with van der Waals surface area (Å²) in [7, 11) is 0. The maximum atomic E-state index is 12.8. The molecule has 2 heterocycles. The van der Waals surface area contributed by atoms with Gasteiger partial charge in [-0.05, 0) is 62.6 Å². The molecule has 6 heteroatoms. The van der Waals surface area contributed by atoms with Gasteiger partial charge in [0, 0.05) is 18.0 Å². The van der Waals surface area contributed by atoms with Gasteiger partial charge in [0.05, 0.1) is 18.2 Å². The number of esters is 1. The zero-order valence-corrected chi connectivity index (χ0v) is 17.9. The fourth-order valence-corrected chi connectivity index (χ4v) is 5.49. The maximum Gasteiger partial charge on any atom is 0.341 e. The normalized spacial score (nSPS) is 16.2. The molecule has 1 amide bonds. The van der Waals surface area contributed by atoms with Crippen molar-refractivity contribution in [1.29, 1.82) is 0 Å². The molecule has 154 valence electrons. The molecule has 1 aromatic carbocycles. The van der Waals surface area contributed by atoms with Crippen LogP contribution in [0.2, 0.25) is 0 Å². The molecule has 0 radical (unpaired) electrons. The summed E-state index contributed by atoms with van der Waals surface area (Å²) in [5.74, 6) is -0.386. The van der Waals surface area contributed by atoms with E-state index in [1.54, 1.807) is 11.3 Å². The number of nitrogens with one attached hydrogen (secondary N) is 1. The van der Waals surface area contributed by atoms with E-state index >= 15 is 0 Å². The Labute approximate surface area is 176 Å². The van der Waals surface area contributed by atoms with Gasteiger partial charge in [0.15, 0.2) is 0 Å². The van der Waals surface area contributed by atoms with E-state index in [4.69, 9.17) is 4.74 Å². The number of carbonyl (C=O) groups is 2. The second-order valence-corrected chi connectivity index (χ2v) is 9.25. The van der Waals surface area contributed by atoms with Gasteiger partial charge in [-0.25, -0.2) is 4.79 Å². The number of nitrogens with zero attached hydrogens (tertiary/aromatic N) is 1. The van der Waals surface area contributed by atoms with Crippen molar-refractivity contribution in [2.45, 2.75) is 58.6 Å². The number of thiophene rings is 1. The fourth-order valence-electron chi connectivity index (χ4n) is 4.20. The van der Waals surface area contributed by atoms with Gasteiger partial charge in [0.25, 0.3) is 0 Å². The summed E-state index contributed by atoms with van der Waals surface area (Å²) >= 11 is 1.54. The molecule has 0 bridgehead atoms. The van der Waals surface area contributed by atoms with E-state index in [0.29, 0.717) is 17.1 Å². The Morgan fingerprint density at radius 1 is 1.14 bits per heavy atom. The summed E-state index contributed by atoms with van der Waals surface area (Å²) in [5, 5.41) is 3.69. The third kappa shape index (κ3) is 4.54. The Balaban J connectivity index is 1.48. The number of hydrogen-bond acceptors (Lipinski definition) is 5. The molecule has 1 aromatic heterocycles. The van der Waals surface area contributed by atoms with Crippen molar-refractivity contribution in [1.82, 2.24) is 4.90 Å². The first kappa shape index (κ1) is 20.1. The van der Waals surface area contributed by atoms with Crippen LogP contribution in [0.4, 0.5) is 5.00 Å². The van der Waals surface area contributed by atoms with Gasteiger partial charge >= 0.3 is 5.97 Å². The summed E-state index contributed by atoms with van der Waals surface area (Å²) in [4.78, 5) is 28.9. The van der Waals surface area contributed by atoms with Gasteiger partial charge in [-0.1, -0.05) is 24.3 Å². The van der Waals surface area contributed by atoms with Crippen LogP contribution in [0.15, 0.2) is 24.3 Å². The monoisotopic (exact) mass is 412 g/mol. The summed E-state index contributed by atoms with van der Waals surface area (Å²) in [6.45, 7) is 5.68. The van der Waals surface area contributed by atoms with E-state index in [1.807, 2.05) is 19.9 Å². The molecule has 1 N–H and O–H groups in total. The van der Waals surface area contributed by atoms with Crippen molar-refractivity contribution in [2.24, 2.45) is 0 Å². The molecule has 0 atom stereocenters. The number of ether oxygens (including phenoxy) is 1. The standard InChI is InChI=1S/C23H28N2O3S/c1-15(2)28-23(27)21-18-9-5-6-10-19(18)29-22(21)24-20(26)14-25-12-11-16-7-3-4-8-17(16)13-25/h3-4,7-8,15H,5-6,9-14H2,1-2H3,(H,24,26). The molecule has 2 aromatic rings. The lowest BCUT2D eigenvalue weighted by Gasteiger charge is -2.28. The summed E-state index contributed by atoms with van der Waals surface area (Å²) < 4.78 is 5.48. The van der Waals surface area contributed by atoms with Crippen LogP contribution in [0.5, 0.6) is 0 Å². The first-order chi connectivity index (χ1) is 14.0. The molecule has 4 rings (SSSR count). The van der Waals surface area contributed by atoms with Crippen LogP contribution >= 0.6 is 11.3 Å². The topological polar surface area (TPSA) is 58.6 Å². The summed E-state index contributed by atoms with van der Waals surface area (Å²) in [5.41, 5.74) is 4.32. The number of fused-ring (bicyclic) bond motifs is 2. The average molecular weight is 413 g/mol. The van der Waals surface area contributed by atoms with Crippen LogP contribution in [0, 0.1) is 0 Å². The lowest BCUT2D eigenvalue weighted by molar-refractivity contribution is -0.117. The van der Waals surface area contributed by atoms with E-state index < -0.39 is 0 Å². The number of carbonyl (C=O) groups excluding carboxylic acids is 2. The average Bonchev–Trinajstić information content (AvgIpc) is 3.05. The summed E-state index contributed by atoms with van der Waals surface area (Å²) in [6, 6.07) is 8.41. The number of anilines is 1. The highest BCUT2D eigenvalue weighted by Crippen LogP contribution is 2.38. The van der Waals surface area contributed by atoms with Gasteiger partial charge in [0.2, 0.25) is 5.91 Å². The van der Waals surface area contributed by atoms with Crippen LogP contribution in [-0.4, -0.2) is 36.0 Å². The number of amides is 1. The van der Waals surface area contributed by atoms with Crippen molar-refractivity contribution in [2.75, 3.05) is 18.4 Å². The van der Waals surface area contributed by atoms with E-state index in [9.17, 15) is 9.59 Å². The Hall–Kier alpha value is -2.18. The van der Waals surface area contributed by atoms with Crippen molar-refractivity contribution < 1.29 is 14.3 Å². The molecule has 0 saturated heterocycles. The highest BCUT2D eigenvalue weighted by atomic mass is 32.1. The second-order valence-electron chi connectivity index (χ2n) is 8.15. The molecule has 0 fully saturated rings. The highest BCUT2D eigenvalue weighted by molar-refractivity contribution is 7.17. The van der Waals surface area contributed by atoms with Crippen molar-refractivity contribution in [3.63, 3.8) is 0 Å². The second kappa shape index (κ2) is 8.67.